The number of nitrogens with two attached hydrogens (primary N) is 1. The normalized spacial score (nSPS) is 14.1. The molecule has 8 nitrogen and oxygen atoms in total. The number of carbonyl (C=O) groups excluding carboxylic acids is 3. The number of nitrogens with zero attached hydrogens (tertiary/aromatic N) is 2. The van der Waals surface area contributed by atoms with Crippen molar-refractivity contribution in [2.24, 2.45) is 5.84 Å². The molecule has 0 saturated carbocycles. The fourth-order valence-electron chi connectivity index (χ4n) is 2.71. The van der Waals surface area contributed by atoms with Crippen molar-refractivity contribution in [3.8, 4) is 5.75 Å². The number of rotatable bonds is 7. The number of hydrogen-bond acceptors (Lipinski definition) is 5. The largest absolute Gasteiger partial charge is 0.484 e. The smallest absolute Gasteiger partial charge is 0.260 e. The highest BCUT2D eigenvalue weighted by Crippen LogP contribution is 2.12. The Morgan fingerprint density at radius 2 is 1.58 bits per heavy atom. The quantitative estimate of drug-likeness (QED) is 0.410. The van der Waals surface area contributed by atoms with Crippen LogP contribution in [0.3, 0.4) is 0 Å². The molecule has 0 aliphatic carbocycles. The molecule has 1 saturated heterocycles. The molecule has 0 spiro atoms. The van der Waals surface area contributed by atoms with Crippen LogP contribution in [0.2, 0.25) is 0 Å². The first-order valence-electron chi connectivity index (χ1n) is 8.74. The lowest BCUT2D eigenvalue weighted by Crippen LogP contribution is -2.51. The van der Waals surface area contributed by atoms with E-state index in [1.54, 1.807) is 9.80 Å². The van der Waals surface area contributed by atoms with E-state index >= 15 is 0 Å². The van der Waals surface area contributed by atoms with Crippen molar-refractivity contribution >= 4 is 17.7 Å². The van der Waals surface area contributed by atoms with Crippen molar-refractivity contribution in [1.29, 1.82) is 0 Å². The van der Waals surface area contributed by atoms with Gasteiger partial charge in [-0.3, -0.25) is 19.8 Å². The van der Waals surface area contributed by atoms with Crippen LogP contribution < -0.4 is 16.0 Å². The van der Waals surface area contributed by atoms with Crippen LogP contribution in [0.5, 0.6) is 5.75 Å². The Labute approximate surface area is 153 Å². The van der Waals surface area contributed by atoms with E-state index in [-0.39, 0.29) is 30.7 Å². The summed E-state index contributed by atoms with van der Waals surface area (Å²) in [5.74, 6) is 5.30. The fourth-order valence-corrected chi connectivity index (χ4v) is 2.71. The zero-order valence-corrected chi connectivity index (χ0v) is 15.1. The lowest BCUT2D eigenvalue weighted by atomic mass is 10.2. The second-order valence-electron chi connectivity index (χ2n) is 6.28. The standard InChI is InChI=1S/C18H26N4O4/c1-14-5-7-15(8-6-14)26-13-18(25)22-11-9-21(10-12-22)17(24)4-2-3-16(23)20-19/h5-8H,2-4,9-13,19H2,1H3,(H,20,23). The van der Waals surface area contributed by atoms with Crippen LogP contribution in [-0.4, -0.2) is 60.3 Å². The van der Waals surface area contributed by atoms with Crippen molar-refractivity contribution in [1.82, 2.24) is 15.2 Å². The lowest BCUT2D eigenvalue weighted by molar-refractivity contribution is -0.140. The Kier molecular flexibility index (Phi) is 7.40. The first-order valence-corrected chi connectivity index (χ1v) is 8.74. The molecule has 8 heteroatoms. The van der Waals surface area contributed by atoms with E-state index in [2.05, 4.69) is 0 Å². The highest BCUT2D eigenvalue weighted by Gasteiger charge is 2.24. The fraction of sp³-hybridized carbons (Fsp3) is 0.500. The van der Waals surface area contributed by atoms with Gasteiger partial charge in [-0.05, 0) is 25.5 Å². The molecule has 3 amide bonds. The van der Waals surface area contributed by atoms with Crippen molar-refractivity contribution in [2.75, 3.05) is 32.8 Å². The number of benzene rings is 1. The highest BCUT2D eigenvalue weighted by atomic mass is 16.5. The molecule has 2 rings (SSSR count). The van der Waals surface area contributed by atoms with Gasteiger partial charge in [-0.15, -0.1) is 0 Å². The van der Waals surface area contributed by atoms with Gasteiger partial charge in [-0.25, -0.2) is 5.84 Å². The number of hydrazine groups is 1. The molecule has 0 aromatic heterocycles. The van der Waals surface area contributed by atoms with Crippen LogP contribution >= 0.6 is 0 Å². The number of ether oxygens (including phenoxy) is 1. The van der Waals surface area contributed by atoms with E-state index < -0.39 is 0 Å². The summed E-state index contributed by atoms with van der Waals surface area (Å²) in [4.78, 5) is 38.8. The van der Waals surface area contributed by atoms with Gasteiger partial charge in [-0.1, -0.05) is 17.7 Å². The molecule has 0 bridgehead atoms. The van der Waals surface area contributed by atoms with E-state index in [0.717, 1.165) is 5.56 Å². The Bertz CT molecular complexity index is 625. The van der Waals surface area contributed by atoms with Crippen LogP contribution in [0.15, 0.2) is 24.3 Å². The highest BCUT2D eigenvalue weighted by molar-refractivity contribution is 5.80. The van der Waals surface area contributed by atoms with E-state index in [1.807, 2.05) is 36.6 Å². The summed E-state index contributed by atoms with van der Waals surface area (Å²) in [5.41, 5.74) is 3.18. The summed E-state index contributed by atoms with van der Waals surface area (Å²) < 4.78 is 5.52. The van der Waals surface area contributed by atoms with Crippen LogP contribution in [0, 0.1) is 6.92 Å². The summed E-state index contributed by atoms with van der Waals surface area (Å²) >= 11 is 0. The third kappa shape index (κ3) is 6.03. The minimum atomic E-state index is -0.276. The predicted molar refractivity (Wildman–Crippen MR) is 96.0 cm³/mol. The van der Waals surface area contributed by atoms with Gasteiger partial charge in [0.2, 0.25) is 11.8 Å². The average Bonchev–Trinajstić information content (AvgIpc) is 2.67. The van der Waals surface area contributed by atoms with Gasteiger partial charge in [0.15, 0.2) is 6.61 Å². The third-order valence-corrected chi connectivity index (χ3v) is 4.32. The number of hydrogen-bond donors (Lipinski definition) is 2. The second-order valence-corrected chi connectivity index (χ2v) is 6.28. The molecule has 1 aliphatic rings. The zero-order valence-electron chi connectivity index (χ0n) is 15.1. The molecule has 1 heterocycles. The van der Waals surface area contributed by atoms with Gasteiger partial charge < -0.3 is 14.5 Å². The van der Waals surface area contributed by atoms with Gasteiger partial charge in [0.1, 0.15) is 5.75 Å². The monoisotopic (exact) mass is 362 g/mol. The number of piperazine rings is 1. The number of nitrogens with one attached hydrogen (secondary N) is 1. The number of aryl methyl sites for hydroxylation is 1. The van der Waals surface area contributed by atoms with Gasteiger partial charge in [0.05, 0.1) is 0 Å². The SMILES string of the molecule is Cc1ccc(OCC(=O)N2CCN(C(=O)CCCC(=O)NN)CC2)cc1. The van der Waals surface area contributed by atoms with Crippen molar-refractivity contribution in [3.05, 3.63) is 29.8 Å². The molecule has 1 aromatic carbocycles. The molecule has 3 N–H and O–H groups in total. The Hall–Kier alpha value is -2.61. The summed E-state index contributed by atoms with van der Waals surface area (Å²) in [5, 5.41) is 0. The molecule has 1 aromatic rings. The first-order chi connectivity index (χ1) is 12.5. The maximum atomic E-state index is 12.2. The molecule has 1 aliphatic heterocycles. The summed E-state index contributed by atoms with van der Waals surface area (Å²) in [7, 11) is 0. The maximum Gasteiger partial charge on any atom is 0.260 e. The first kappa shape index (κ1) is 19.7. The summed E-state index contributed by atoms with van der Waals surface area (Å²) in [6, 6.07) is 7.54. The van der Waals surface area contributed by atoms with E-state index in [0.29, 0.717) is 44.8 Å². The zero-order chi connectivity index (χ0) is 18.9. The molecule has 0 unspecified atom stereocenters. The molecular weight excluding hydrogens is 336 g/mol. The molecule has 142 valence electrons. The van der Waals surface area contributed by atoms with Crippen LogP contribution in [0.1, 0.15) is 24.8 Å². The number of carbonyl (C=O) groups is 3. The Morgan fingerprint density at radius 1 is 1.00 bits per heavy atom. The van der Waals surface area contributed by atoms with Gasteiger partial charge in [-0.2, -0.15) is 0 Å². The van der Waals surface area contributed by atoms with Gasteiger partial charge >= 0.3 is 0 Å². The topological polar surface area (TPSA) is 105 Å². The van der Waals surface area contributed by atoms with Gasteiger partial charge in [0, 0.05) is 39.0 Å². The van der Waals surface area contributed by atoms with Crippen molar-refractivity contribution < 1.29 is 19.1 Å². The Morgan fingerprint density at radius 3 is 2.15 bits per heavy atom. The molecule has 26 heavy (non-hydrogen) atoms. The van der Waals surface area contributed by atoms with E-state index in [9.17, 15) is 14.4 Å². The van der Waals surface area contributed by atoms with Crippen molar-refractivity contribution in [2.45, 2.75) is 26.2 Å². The molecule has 0 atom stereocenters. The molecular formula is C18H26N4O4. The van der Waals surface area contributed by atoms with E-state index in [4.69, 9.17) is 10.6 Å². The average molecular weight is 362 g/mol. The van der Waals surface area contributed by atoms with Crippen LogP contribution in [0.25, 0.3) is 0 Å². The molecule has 1 fully saturated rings. The third-order valence-electron chi connectivity index (χ3n) is 4.32. The van der Waals surface area contributed by atoms with Crippen LogP contribution in [0.4, 0.5) is 0 Å². The minimum Gasteiger partial charge on any atom is -0.484 e. The summed E-state index contributed by atoms with van der Waals surface area (Å²) in [6.45, 7) is 3.96. The van der Waals surface area contributed by atoms with E-state index in [1.165, 1.54) is 0 Å². The van der Waals surface area contributed by atoms with Crippen LogP contribution in [-0.2, 0) is 14.4 Å². The minimum absolute atomic E-state index is 0.00201. The van der Waals surface area contributed by atoms with Gasteiger partial charge in [0.25, 0.3) is 5.91 Å². The molecule has 0 radical (unpaired) electrons. The van der Waals surface area contributed by atoms with Crippen molar-refractivity contribution in [3.63, 3.8) is 0 Å². The number of amides is 3. The predicted octanol–water partition coefficient (Wildman–Crippen LogP) is 0.205. The maximum absolute atomic E-state index is 12.2. The second kappa shape index (κ2) is 9.76. The lowest BCUT2D eigenvalue weighted by Gasteiger charge is -2.34. The Balaban J connectivity index is 1.68. The summed E-state index contributed by atoms with van der Waals surface area (Å²) in [6.07, 6.45) is 1.00.